The normalized spacial score (nSPS) is 10.8. The number of rotatable bonds is 11. The largest absolute Gasteiger partial charge is 0.469 e. The molecule has 1 amide bonds. The van der Waals surface area contributed by atoms with Gasteiger partial charge in [-0.15, -0.1) is 11.3 Å². The first-order valence-electron chi connectivity index (χ1n) is 8.20. The highest BCUT2D eigenvalue weighted by molar-refractivity contribution is 7.10. The fourth-order valence-corrected chi connectivity index (χ4v) is 3.08. The predicted octanol–water partition coefficient (Wildman–Crippen LogP) is 2.41. The Bertz CT molecular complexity index is 458. The summed E-state index contributed by atoms with van der Waals surface area (Å²) in [5.74, 6) is -0.196. The van der Waals surface area contributed by atoms with Crippen LogP contribution in [0.2, 0.25) is 0 Å². The van der Waals surface area contributed by atoms with Gasteiger partial charge in [0.2, 0.25) is 5.91 Å². The zero-order valence-electron chi connectivity index (χ0n) is 14.4. The number of hydrogen-bond acceptors (Lipinski definition) is 5. The van der Waals surface area contributed by atoms with Gasteiger partial charge in [0, 0.05) is 18.0 Å². The van der Waals surface area contributed by atoms with E-state index in [1.807, 2.05) is 17.5 Å². The van der Waals surface area contributed by atoms with E-state index in [0.29, 0.717) is 19.5 Å². The highest BCUT2D eigenvalue weighted by atomic mass is 32.1. The molecule has 0 aliphatic carbocycles. The van der Waals surface area contributed by atoms with E-state index in [9.17, 15) is 9.59 Å². The van der Waals surface area contributed by atoms with E-state index in [1.54, 1.807) is 16.2 Å². The van der Waals surface area contributed by atoms with Gasteiger partial charge in [0.15, 0.2) is 0 Å². The van der Waals surface area contributed by atoms with Crippen molar-refractivity contribution in [3.05, 3.63) is 22.4 Å². The molecule has 1 rings (SSSR count). The minimum absolute atomic E-state index is 0.0795. The van der Waals surface area contributed by atoms with Gasteiger partial charge >= 0.3 is 5.97 Å². The van der Waals surface area contributed by atoms with Gasteiger partial charge in [-0.3, -0.25) is 9.59 Å². The third-order valence-electron chi connectivity index (χ3n) is 3.87. The Kier molecular flexibility index (Phi) is 9.55. The molecule has 1 heterocycles. The summed E-state index contributed by atoms with van der Waals surface area (Å²) in [5, 5.41) is 1.97. The van der Waals surface area contributed by atoms with Crippen molar-refractivity contribution in [1.29, 1.82) is 0 Å². The van der Waals surface area contributed by atoms with Gasteiger partial charge in [0.25, 0.3) is 0 Å². The van der Waals surface area contributed by atoms with E-state index in [2.05, 4.69) is 23.5 Å². The molecule has 0 fully saturated rings. The molecule has 0 N–H and O–H groups in total. The van der Waals surface area contributed by atoms with Crippen LogP contribution in [0, 0.1) is 0 Å². The SMILES string of the molecule is CCN(CC)CCCN(CCC(=O)OC)C(=O)Cc1cccs1. The van der Waals surface area contributed by atoms with Crippen LogP contribution >= 0.6 is 11.3 Å². The van der Waals surface area contributed by atoms with Gasteiger partial charge < -0.3 is 14.5 Å². The van der Waals surface area contributed by atoms with Crippen LogP contribution in [0.3, 0.4) is 0 Å². The topological polar surface area (TPSA) is 49.9 Å². The number of carbonyl (C=O) groups is 2. The molecule has 0 saturated carbocycles. The maximum atomic E-state index is 12.5. The molecule has 0 aromatic carbocycles. The first-order valence-corrected chi connectivity index (χ1v) is 9.08. The molecule has 0 radical (unpaired) electrons. The molecule has 1 aromatic heterocycles. The van der Waals surface area contributed by atoms with Gasteiger partial charge in [0.05, 0.1) is 20.0 Å². The van der Waals surface area contributed by atoms with E-state index < -0.39 is 0 Å². The fourth-order valence-electron chi connectivity index (χ4n) is 2.39. The van der Waals surface area contributed by atoms with Crippen molar-refractivity contribution in [3.8, 4) is 0 Å². The molecular formula is C17H28N2O3S. The lowest BCUT2D eigenvalue weighted by molar-refractivity contribution is -0.141. The van der Waals surface area contributed by atoms with Gasteiger partial charge in [-0.1, -0.05) is 19.9 Å². The summed E-state index contributed by atoms with van der Waals surface area (Å²) >= 11 is 1.59. The number of carbonyl (C=O) groups excluding carboxylic acids is 2. The van der Waals surface area contributed by atoms with E-state index >= 15 is 0 Å². The molecule has 0 saturated heterocycles. The molecule has 23 heavy (non-hydrogen) atoms. The molecule has 6 heteroatoms. The van der Waals surface area contributed by atoms with Crippen LogP contribution < -0.4 is 0 Å². The Morgan fingerprint density at radius 1 is 1.17 bits per heavy atom. The number of ether oxygens (including phenoxy) is 1. The summed E-state index contributed by atoms with van der Waals surface area (Å²) < 4.78 is 4.68. The maximum Gasteiger partial charge on any atom is 0.307 e. The second-order valence-corrected chi connectivity index (χ2v) is 6.38. The lowest BCUT2D eigenvalue weighted by Crippen LogP contribution is -2.36. The van der Waals surface area contributed by atoms with Crippen molar-refractivity contribution in [3.63, 3.8) is 0 Å². The van der Waals surface area contributed by atoms with Crippen molar-refractivity contribution in [1.82, 2.24) is 9.80 Å². The number of methoxy groups -OCH3 is 1. The molecule has 0 bridgehead atoms. The Balaban J connectivity index is 2.53. The minimum Gasteiger partial charge on any atom is -0.469 e. The van der Waals surface area contributed by atoms with Crippen molar-refractivity contribution >= 4 is 23.2 Å². The molecule has 130 valence electrons. The van der Waals surface area contributed by atoms with Crippen molar-refractivity contribution in [2.75, 3.05) is 39.8 Å². The third-order valence-corrected chi connectivity index (χ3v) is 4.74. The van der Waals surface area contributed by atoms with Gasteiger partial charge in [-0.25, -0.2) is 0 Å². The van der Waals surface area contributed by atoms with Crippen LogP contribution in [0.4, 0.5) is 0 Å². The van der Waals surface area contributed by atoms with E-state index in [1.165, 1.54) is 7.11 Å². The summed E-state index contributed by atoms with van der Waals surface area (Å²) in [6.45, 7) is 8.38. The van der Waals surface area contributed by atoms with Crippen LogP contribution in [-0.2, 0) is 20.7 Å². The number of nitrogens with zero attached hydrogens (tertiary/aromatic N) is 2. The number of thiophene rings is 1. The summed E-state index contributed by atoms with van der Waals surface area (Å²) in [6.07, 6.45) is 1.57. The van der Waals surface area contributed by atoms with Gasteiger partial charge in [-0.2, -0.15) is 0 Å². The van der Waals surface area contributed by atoms with E-state index in [4.69, 9.17) is 0 Å². The average molecular weight is 340 g/mol. The quantitative estimate of drug-likeness (QED) is 0.581. The Morgan fingerprint density at radius 3 is 2.48 bits per heavy atom. The third kappa shape index (κ3) is 7.61. The lowest BCUT2D eigenvalue weighted by Gasteiger charge is -2.24. The molecule has 5 nitrogen and oxygen atoms in total. The van der Waals surface area contributed by atoms with Crippen molar-refractivity contribution in [2.24, 2.45) is 0 Å². The Hall–Kier alpha value is -1.40. The standard InChI is InChI=1S/C17H28N2O3S/c1-4-18(5-2)10-7-11-19(12-9-17(21)22-3)16(20)14-15-8-6-13-23-15/h6,8,13H,4-5,7,9-12,14H2,1-3H3. The maximum absolute atomic E-state index is 12.5. The van der Waals surface area contributed by atoms with Crippen LogP contribution in [0.5, 0.6) is 0 Å². The monoisotopic (exact) mass is 340 g/mol. The Labute approximate surface area is 143 Å². The van der Waals surface area contributed by atoms with E-state index in [0.717, 1.165) is 30.9 Å². The van der Waals surface area contributed by atoms with Crippen LogP contribution in [-0.4, -0.2) is 61.5 Å². The zero-order valence-corrected chi connectivity index (χ0v) is 15.2. The van der Waals surface area contributed by atoms with Crippen LogP contribution in [0.1, 0.15) is 31.6 Å². The minimum atomic E-state index is -0.275. The highest BCUT2D eigenvalue weighted by Gasteiger charge is 2.16. The molecule has 0 aliphatic heterocycles. The van der Waals surface area contributed by atoms with E-state index in [-0.39, 0.29) is 18.3 Å². The summed E-state index contributed by atoms with van der Waals surface area (Å²) in [7, 11) is 1.38. The van der Waals surface area contributed by atoms with Gasteiger partial charge in [0.1, 0.15) is 0 Å². The summed E-state index contributed by atoms with van der Waals surface area (Å²) in [4.78, 5) is 29.0. The van der Waals surface area contributed by atoms with Gasteiger partial charge in [-0.05, 0) is 37.5 Å². The lowest BCUT2D eigenvalue weighted by atomic mass is 10.2. The summed E-state index contributed by atoms with van der Waals surface area (Å²) in [6, 6.07) is 3.92. The fraction of sp³-hybridized carbons (Fsp3) is 0.647. The second-order valence-electron chi connectivity index (χ2n) is 5.34. The Morgan fingerprint density at radius 2 is 1.91 bits per heavy atom. The predicted molar refractivity (Wildman–Crippen MR) is 93.6 cm³/mol. The smallest absolute Gasteiger partial charge is 0.307 e. The van der Waals surface area contributed by atoms with Crippen LogP contribution in [0.25, 0.3) is 0 Å². The van der Waals surface area contributed by atoms with Crippen molar-refractivity contribution < 1.29 is 14.3 Å². The first kappa shape index (κ1) is 19.6. The number of esters is 1. The van der Waals surface area contributed by atoms with Crippen molar-refractivity contribution in [2.45, 2.75) is 33.1 Å². The average Bonchev–Trinajstić information content (AvgIpc) is 3.06. The number of hydrogen-bond donors (Lipinski definition) is 0. The number of amides is 1. The molecule has 0 atom stereocenters. The molecule has 0 aliphatic rings. The molecule has 0 unspecified atom stereocenters. The summed E-state index contributed by atoms with van der Waals surface area (Å²) in [5.41, 5.74) is 0. The molecule has 0 spiro atoms. The highest BCUT2D eigenvalue weighted by Crippen LogP contribution is 2.11. The molecule has 1 aromatic rings. The first-order chi connectivity index (χ1) is 11.1. The second kappa shape index (κ2) is 11.2. The molecular weight excluding hydrogens is 312 g/mol. The van der Waals surface area contributed by atoms with Crippen LogP contribution in [0.15, 0.2) is 17.5 Å². The zero-order chi connectivity index (χ0) is 17.1.